The van der Waals surface area contributed by atoms with Gasteiger partial charge in [0.2, 0.25) is 23.7 Å². The number of aryl methyl sites for hydroxylation is 2. The molecule has 15 nitrogen and oxygen atoms in total. The number of nitrogens with zero attached hydrogens (tertiary/aromatic N) is 7. The summed E-state index contributed by atoms with van der Waals surface area (Å²) in [6.07, 6.45) is 5.12. The van der Waals surface area contributed by atoms with Crippen LogP contribution < -0.4 is 35.8 Å². The maximum Gasteiger partial charge on any atom is 0.234 e. The lowest BCUT2D eigenvalue weighted by atomic mass is 9.89. The minimum atomic E-state index is -2.75. The number of amides is 3. The Kier molecular flexibility index (Phi) is 14.5. The van der Waals surface area contributed by atoms with E-state index in [4.69, 9.17) is 9.72 Å². The number of carbonyl (C=O) groups is 3. The molecular weight excluding hydrogens is 981 g/mol. The van der Waals surface area contributed by atoms with E-state index in [1.165, 1.54) is 17.7 Å². The highest BCUT2D eigenvalue weighted by molar-refractivity contribution is 9.10. The largest absolute Gasteiger partial charge is 0.492 e. The molecule has 19 heteroatoms. The lowest BCUT2D eigenvalue weighted by Gasteiger charge is -2.44. The van der Waals surface area contributed by atoms with Gasteiger partial charge in [-0.3, -0.25) is 29.6 Å². The summed E-state index contributed by atoms with van der Waals surface area (Å²) in [4.78, 5) is 60.6. The number of ether oxygens (including phenoxy) is 1. The molecule has 4 aliphatic rings. The Balaban J connectivity index is 0.805. The van der Waals surface area contributed by atoms with E-state index in [9.17, 15) is 18.9 Å². The van der Waals surface area contributed by atoms with Crippen molar-refractivity contribution in [2.24, 2.45) is 5.92 Å². The molecule has 0 aliphatic carbocycles. The SMILES string of the molecule is CCOc1cc(N2CCC(N3CCN(C(=O)[C@@H]4CCN(c5cc(F)c([C@H]6CCC(=O)NC6=O)c(F)c5)C4)CC3)CC2)c(CC)cc1Nc1ncc(Br)c(Nc2ccc3nc(C)ccc3c2P(C)(C)=O)n1. The topological polar surface area (TPSA) is 165 Å². The number of anilines is 6. The van der Waals surface area contributed by atoms with Crippen LogP contribution in [0.4, 0.5) is 43.3 Å². The molecule has 0 bridgehead atoms. The van der Waals surface area contributed by atoms with Crippen molar-refractivity contribution >= 4 is 91.5 Å². The number of piperidine rings is 2. The first-order valence-electron chi connectivity index (χ1n) is 24.3. The van der Waals surface area contributed by atoms with Gasteiger partial charge >= 0.3 is 0 Å². The fourth-order valence-corrected chi connectivity index (χ4v) is 12.4. The van der Waals surface area contributed by atoms with Gasteiger partial charge in [0.1, 0.15) is 30.3 Å². The number of imide groups is 1. The number of carbonyl (C=O) groups excluding carboxylic acids is 3. The van der Waals surface area contributed by atoms with Gasteiger partial charge in [0.15, 0.2) is 0 Å². The maximum absolute atomic E-state index is 15.3. The number of benzene rings is 3. The van der Waals surface area contributed by atoms with Crippen molar-refractivity contribution in [2.45, 2.75) is 71.3 Å². The molecular formula is C51H60BrF2N10O5P. The molecule has 3 aromatic carbocycles. The zero-order valence-electron chi connectivity index (χ0n) is 40.3. The number of hydrogen-bond acceptors (Lipinski definition) is 13. The summed E-state index contributed by atoms with van der Waals surface area (Å²) in [5.41, 5.74) is 5.46. The van der Waals surface area contributed by atoms with Crippen molar-refractivity contribution in [1.29, 1.82) is 0 Å². The minimum absolute atomic E-state index is 0.0263. The van der Waals surface area contributed by atoms with Crippen LogP contribution in [0.15, 0.2) is 59.2 Å². The average molecular weight is 1040 g/mol. The molecule has 3 N–H and O–H groups in total. The summed E-state index contributed by atoms with van der Waals surface area (Å²) in [6.45, 7) is 15.5. The summed E-state index contributed by atoms with van der Waals surface area (Å²) >= 11 is 3.62. The third-order valence-electron chi connectivity index (χ3n) is 14.1. The van der Waals surface area contributed by atoms with E-state index in [1.54, 1.807) is 19.5 Å². The smallest absolute Gasteiger partial charge is 0.234 e. The summed E-state index contributed by atoms with van der Waals surface area (Å²) in [5, 5.41) is 10.6. The van der Waals surface area contributed by atoms with Crippen LogP contribution in [0, 0.1) is 24.5 Å². The Labute approximate surface area is 415 Å². The highest BCUT2D eigenvalue weighted by Crippen LogP contribution is 2.43. The van der Waals surface area contributed by atoms with Crippen LogP contribution in [-0.2, 0) is 25.4 Å². The second-order valence-electron chi connectivity index (χ2n) is 19.1. The normalized spacial score (nSPS) is 19.5. The first kappa shape index (κ1) is 49.3. The molecule has 2 aromatic heterocycles. The van der Waals surface area contributed by atoms with Crippen molar-refractivity contribution in [2.75, 3.05) is 92.7 Å². The Bertz CT molecular complexity index is 2860. The van der Waals surface area contributed by atoms with Gasteiger partial charge in [0.25, 0.3) is 0 Å². The van der Waals surface area contributed by atoms with Crippen molar-refractivity contribution < 1.29 is 32.5 Å². The third-order valence-corrected chi connectivity index (χ3v) is 16.3. The Hall–Kier alpha value is -5.71. The van der Waals surface area contributed by atoms with E-state index < -0.39 is 36.5 Å². The number of hydrogen-bond donors (Lipinski definition) is 3. The number of pyridine rings is 1. The molecule has 3 amide bonds. The molecule has 370 valence electrons. The van der Waals surface area contributed by atoms with Gasteiger partial charge in [-0.05, 0) is 117 Å². The quantitative estimate of drug-likeness (QED) is 0.0764. The second kappa shape index (κ2) is 20.6. The van der Waals surface area contributed by atoms with Crippen molar-refractivity contribution in [3.05, 3.63) is 87.7 Å². The Morgan fingerprint density at radius 3 is 2.30 bits per heavy atom. The molecule has 0 spiro atoms. The highest BCUT2D eigenvalue weighted by Gasteiger charge is 2.37. The van der Waals surface area contributed by atoms with E-state index >= 15 is 8.78 Å². The molecule has 4 saturated heterocycles. The predicted molar refractivity (Wildman–Crippen MR) is 274 cm³/mol. The molecule has 70 heavy (non-hydrogen) atoms. The monoisotopic (exact) mass is 1040 g/mol. The highest BCUT2D eigenvalue weighted by atomic mass is 79.9. The lowest BCUT2D eigenvalue weighted by molar-refractivity contribution is -0.137. The average Bonchev–Trinajstić information content (AvgIpc) is 3.84. The molecule has 0 radical (unpaired) electrons. The molecule has 4 aliphatic heterocycles. The third kappa shape index (κ3) is 10.4. The maximum atomic E-state index is 15.3. The Morgan fingerprint density at radius 2 is 1.61 bits per heavy atom. The van der Waals surface area contributed by atoms with E-state index in [2.05, 4.69) is 70.7 Å². The van der Waals surface area contributed by atoms with Gasteiger partial charge in [-0.25, -0.2) is 13.8 Å². The van der Waals surface area contributed by atoms with E-state index in [0.717, 1.165) is 73.4 Å². The van der Waals surface area contributed by atoms with Gasteiger partial charge in [0.05, 0.1) is 39.8 Å². The van der Waals surface area contributed by atoms with Crippen LogP contribution in [0.2, 0.25) is 0 Å². The van der Waals surface area contributed by atoms with Gasteiger partial charge in [-0.15, -0.1) is 0 Å². The van der Waals surface area contributed by atoms with Crippen molar-refractivity contribution in [3.8, 4) is 5.75 Å². The van der Waals surface area contributed by atoms with Gasteiger partial charge in [-0.2, -0.15) is 4.98 Å². The number of nitrogens with one attached hydrogen (secondary N) is 3. The van der Waals surface area contributed by atoms with Gasteiger partial charge in [0, 0.05) is 110 Å². The predicted octanol–water partition coefficient (Wildman–Crippen LogP) is 8.23. The number of aromatic nitrogens is 3. The number of piperazine rings is 1. The fourth-order valence-electron chi connectivity index (χ4n) is 10.6. The molecule has 4 fully saturated rings. The van der Waals surface area contributed by atoms with E-state index in [0.29, 0.717) is 83.9 Å². The van der Waals surface area contributed by atoms with Crippen LogP contribution in [0.5, 0.6) is 5.75 Å². The summed E-state index contributed by atoms with van der Waals surface area (Å²) in [5.74, 6) is -2.46. The summed E-state index contributed by atoms with van der Waals surface area (Å²) in [6, 6.07) is 14.9. The molecule has 5 aromatic rings. The standard InChI is InChI=1S/C51H60BrF2N10O5P/c1-6-31-24-42(58-51-55-28-37(52)48(60-51)57-41-12-11-40-35(9-8-30(3)56-40)47(41)70(4,5)68)44(69-7-2)27-43(31)62-18-15-33(16-19-62)61-20-22-63(23-21-61)50(67)32-14-17-64(29-32)34-25-38(53)46(39(54)26-34)36-10-13-45(65)59-49(36)66/h8-9,11-12,24-28,32-33,36H,6-7,10,13-23,29H2,1-5H3,(H,59,65,66)(H2,55,57,58,60)/t32-,36-/m1/s1. The minimum Gasteiger partial charge on any atom is -0.492 e. The van der Waals surface area contributed by atoms with E-state index in [1.807, 2.05) is 47.9 Å². The first-order chi connectivity index (χ1) is 33.6. The first-order valence-corrected chi connectivity index (χ1v) is 27.7. The van der Waals surface area contributed by atoms with Crippen LogP contribution in [0.3, 0.4) is 0 Å². The van der Waals surface area contributed by atoms with Crippen LogP contribution in [0.25, 0.3) is 10.9 Å². The molecule has 6 heterocycles. The number of fused-ring (bicyclic) bond motifs is 1. The molecule has 0 saturated carbocycles. The zero-order chi connectivity index (χ0) is 49.4. The molecule has 0 unspecified atom stereocenters. The van der Waals surface area contributed by atoms with Crippen molar-refractivity contribution in [3.63, 3.8) is 0 Å². The Morgan fingerprint density at radius 1 is 0.886 bits per heavy atom. The summed E-state index contributed by atoms with van der Waals surface area (Å²) < 4.78 is 51.2. The van der Waals surface area contributed by atoms with Crippen LogP contribution in [0.1, 0.15) is 68.7 Å². The van der Waals surface area contributed by atoms with Crippen LogP contribution >= 0.6 is 23.1 Å². The molecule has 9 rings (SSSR count). The van der Waals surface area contributed by atoms with E-state index in [-0.39, 0.29) is 30.2 Å². The number of halogens is 3. The lowest BCUT2D eigenvalue weighted by Crippen LogP contribution is -2.55. The zero-order valence-corrected chi connectivity index (χ0v) is 42.8. The van der Waals surface area contributed by atoms with Crippen molar-refractivity contribution in [1.82, 2.24) is 30.1 Å². The fraction of sp³-hybridized carbons (Fsp3) is 0.451. The number of rotatable bonds is 13. The molecule has 2 atom stereocenters. The second-order valence-corrected chi connectivity index (χ2v) is 23.1. The van der Waals surface area contributed by atoms with Gasteiger partial charge < -0.3 is 34.6 Å². The summed E-state index contributed by atoms with van der Waals surface area (Å²) in [7, 11) is -2.75. The van der Waals surface area contributed by atoms with Crippen LogP contribution in [-0.4, -0.2) is 121 Å². The van der Waals surface area contributed by atoms with Gasteiger partial charge in [-0.1, -0.05) is 13.0 Å².